The normalized spacial score (nSPS) is 13.4. The van der Waals surface area contributed by atoms with Gasteiger partial charge < -0.3 is 4.57 Å². The molecule has 0 atom stereocenters. The van der Waals surface area contributed by atoms with Crippen LogP contribution in [0.25, 0.3) is 66.1 Å². The van der Waals surface area contributed by atoms with E-state index in [9.17, 15) is 0 Å². The third kappa shape index (κ3) is 5.20. The molecule has 0 spiro atoms. The first-order valence-corrected chi connectivity index (χ1v) is 26.7. The second-order valence-electron chi connectivity index (χ2n) is 17.6. The standard InChI is InChI=1S/C60H39BGeN2O/c1-4-18-42(19-5-1)62(43-20-6-2-7-21-43)52-28-14-12-26-50(52)61-51-27-13-17-31-58(51)65-59-39-45(38-53(62)60(59)61)64-55-30-16-11-25-47(55)49-37-41(33-35-57(49)64)40-32-34-56-48(36-40)46-24-10-15-29-54(46)63(56)44-22-8-3-9-23-44/h1-39H. The Hall–Kier alpha value is -7.79. The number of hydrogen-bond donors (Lipinski definition) is 0. The van der Waals surface area contributed by atoms with Crippen LogP contribution in [0.4, 0.5) is 0 Å². The molecule has 0 saturated heterocycles. The van der Waals surface area contributed by atoms with E-state index in [4.69, 9.17) is 4.74 Å². The summed E-state index contributed by atoms with van der Waals surface area (Å²) in [5, 5.41) is 4.96. The van der Waals surface area contributed by atoms with Gasteiger partial charge in [0, 0.05) is 5.69 Å². The number of aromatic nitrogens is 2. The Morgan fingerprint density at radius 3 is 1.46 bits per heavy atom. The maximum absolute atomic E-state index is 7.15. The van der Waals surface area contributed by atoms with Gasteiger partial charge in [-0.2, -0.15) is 0 Å². The molecule has 2 aromatic heterocycles. The van der Waals surface area contributed by atoms with Crippen LogP contribution in [-0.4, -0.2) is 29.1 Å². The second-order valence-corrected chi connectivity index (χ2v) is 25.4. The van der Waals surface area contributed by atoms with Gasteiger partial charge in [-0.3, -0.25) is 0 Å². The summed E-state index contributed by atoms with van der Waals surface area (Å²) in [7, 11) is 0. The van der Waals surface area contributed by atoms with E-state index in [1.807, 2.05) is 0 Å². The molecule has 12 aromatic rings. The number of fused-ring (bicyclic) bond motifs is 10. The van der Waals surface area contributed by atoms with Gasteiger partial charge >= 0.3 is 312 Å². The van der Waals surface area contributed by atoms with Gasteiger partial charge in [-0.15, -0.1) is 0 Å². The van der Waals surface area contributed by atoms with E-state index in [1.54, 1.807) is 0 Å². The Labute approximate surface area is 379 Å². The van der Waals surface area contributed by atoms with E-state index in [0.717, 1.165) is 17.2 Å². The van der Waals surface area contributed by atoms with Crippen LogP contribution in [0.1, 0.15) is 0 Å². The fourth-order valence-corrected chi connectivity index (χ4v) is 22.8. The van der Waals surface area contributed by atoms with Gasteiger partial charge in [-0.05, 0) is 18.2 Å². The van der Waals surface area contributed by atoms with Gasteiger partial charge in [0.15, 0.2) is 0 Å². The fourth-order valence-electron chi connectivity index (χ4n) is 11.7. The van der Waals surface area contributed by atoms with E-state index < -0.39 is 13.3 Å². The SMILES string of the molecule is c1ccc(-n2c3ccccc3c3cc(-c4ccc5c(c4)c4ccccc4n5-c4cc5c6[c](c4)[Ge]([c]4ccccc4)([c]4ccccc4)[c]4ccccc4B6c4ccccc4O5)ccc32)cc1. The summed E-state index contributed by atoms with van der Waals surface area (Å²) in [5.41, 5.74) is 13.4. The minimum absolute atomic E-state index is 0.0566. The quantitative estimate of drug-likeness (QED) is 0.158. The van der Waals surface area contributed by atoms with Crippen LogP contribution in [0, 0.1) is 0 Å². The van der Waals surface area contributed by atoms with Gasteiger partial charge in [0.25, 0.3) is 0 Å². The molecule has 0 fully saturated rings. The Bertz CT molecular complexity index is 3840. The maximum atomic E-state index is 7.15. The van der Waals surface area contributed by atoms with Gasteiger partial charge in [-0.1, -0.05) is 36.4 Å². The summed E-state index contributed by atoms with van der Waals surface area (Å²) in [4.78, 5) is 0. The predicted octanol–water partition coefficient (Wildman–Crippen LogP) is 9.86. The summed E-state index contributed by atoms with van der Waals surface area (Å²) < 4.78 is 17.8. The van der Waals surface area contributed by atoms with Crippen molar-refractivity contribution in [1.82, 2.24) is 9.13 Å². The number of nitrogens with zero attached hydrogens (tertiary/aromatic N) is 2. The van der Waals surface area contributed by atoms with E-state index in [0.29, 0.717) is 0 Å². The van der Waals surface area contributed by atoms with Crippen LogP contribution in [0.2, 0.25) is 0 Å². The average molecular weight is 887 g/mol. The van der Waals surface area contributed by atoms with Gasteiger partial charge in [-0.25, -0.2) is 0 Å². The van der Waals surface area contributed by atoms with Crippen molar-refractivity contribution in [2.45, 2.75) is 0 Å². The smallest absolute Gasteiger partial charge is 0.0602 e. The number of ether oxygens (including phenoxy) is 1. The van der Waals surface area contributed by atoms with E-state index in [2.05, 4.69) is 246 Å². The molecule has 14 rings (SSSR count). The van der Waals surface area contributed by atoms with E-state index in [-0.39, 0.29) is 6.71 Å². The second kappa shape index (κ2) is 14.1. The van der Waals surface area contributed by atoms with Crippen LogP contribution in [0.15, 0.2) is 237 Å². The zero-order chi connectivity index (χ0) is 42.6. The minimum atomic E-state index is -3.75. The average Bonchev–Trinajstić information content (AvgIpc) is 3.89. The van der Waals surface area contributed by atoms with Crippen molar-refractivity contribution in [3.8, 4) is 34.0 Å². The molecule has 2 aliphatic rings. The molecule has 4 heterocycles. The molecule has 0 unspecified atom stereocenters. The third-order valence-corrected chi connectivity index (χ3v) is 24.6. The van der Waals surface area contributed by atoms with Crippen molar-refractivity contribution in [3.05, 3.63) is 237 Å². The molecular formula is C60H39BGeN2O. The van der Waals surface area contributed by atoms with Crippen LogP contribution in [-0.2, 0) is 0 Å². The Kier molecular flexibility index (Phi) is 7.96. The first-order valence-electron chi connectivity index (χ1n) is 22.5. The predicted molar refractivity (Wildman–Crippen MR) is 275 cm³/mol. The number of hydrogen-bond acceptors (Lipinski definition) is 1. The van der Waals surface area contributed by atoms with E-state index >= 15 is 0 Å². The minimum Gasteiger partial charge on any atom is -0.0602 e. The Balaban J connectivity index is 1.02. The van der Waals surface area contributed by atoms with Gasteiger partial charge in [0.2, 0.25) is 0 Å². The van der Waals surface area contributed by atoms with Crippen LogP contribution >= 0.6 is 0 Å². The van der Waals surface area contributed by atoms with Crippen molar-refractivity contribution in [2.24, 2.45) is 0 Å². The molecule has 10 aromatic carbocycles. The van der Waals surface area contributed by atoms with Crippen molar-refractivity contribution >= 4 is 97.6 Å². The first kappa shape index (κ1) is 36.7. The van der Waals surface area contributed by atoms with Gasteiger partial charge in [0.05, 0.1) is 5.52 Å². The number of benzene rings is 10. The number of rotatable bonds is 5. The van der Waals surface area contributed by atoms with Gasteiger partial charge in [0.1, 0.15) is 0 Å². The summed E-state index contributed by atoms with van der Waals surface area (Å²) in [6, 6.07) is 88.0. The van der Waals surface area contributed by atoms with Crippen LogP contribution < -0.4 is 38.7 Å². The Morgan fingerprint density at radius 1 is 0.338 bits per heavy atom. The molecule has 65 heavy (non-hydrogen) atoms. The fraction of sp³-hybridized carbons (Fsp3) is 0. The Morgan fingerprint density at radius 2 is 0.831 bits per heavy atom. The van der Waals surface area contributed by atoms with Crippen molar-refractivity contribution in [3.63, 3.8) is 0 Å². The van der Waals surface area contributed by atoms with E-state index in [1.165, 1.54) is 94.4 Å². The van der Waals surface area contributed by atoms with Crippen LogP contribution in [0.3, 0.4) is 0 Å². The molecular weight excluding hydrogens is 848 g/mol. The van der Waals surface area contributed by atoms with Crippen molar-refractivity contribution < 1.29 is 4.74 Å². The molecule has 0 aliphatic carbocycles. The molecule has 0 N–H and O–H groups in total. The zero-order valence-electron chi connectivity index (χ0n) is 35.4. The summed E-state index contributed by atoms with van der Waals surface area (Å²) in [6.45, 7) is 0.0566. The van der Waals surface area contributed by atoms with Crippen molar-refractivity contribution in [2.75, 3.05) is 0 Å². The van der Waals surface area contributed by atoms with Crippen LogP contribution in [0.5, 0.6) is 11.5 Å². The molecule has 3 nitrogen and oxygen atoms in total. The molecule has 0 saturated carbocycles. The summed E-state index contributed by atoms with van der Waals surface area (Å²) >= 11 is -3.75. The molecule has 302 valence electrons. The van der Waals surface area contributed by atoms with Crippen molar-refractivity contribution in [1.29, 1.82) is 0 Å². The molecule has 2 aliphatic heterocycles. The molecule has 0 amide bonds. The zero-order valence-corrected chi connectivity index (χ0v) is 37.5. The molecule has 5 heteroatoms. The summed E-state index contributed by atoms with van der Waals surface area (Å²) in [6.07, 6.45) is 0. The summed E-state index contributed by atoms with van der Waals surface area (Å²) in [5.74, 6) is 1.88. The first-order chi connectivity index (χ1) is 32.3. The molecule has 0 radical (unpaired) electrons. The monoisotopic (exact) mass is 888 g/mol. The topological polar surface area (TPSA) is 19.1 Å². The third-order valence-electron chi connectivity index (χ3n) is 14.3. The molecule has 0 bridgehead atoms. The number of para-hydroxylation sites is 4.